The van der Waals surface area contributed by atoms with E-state index in [0.717, 1.165) is 16.6 Å². The van der Waals surface area contributed by atoms with E-state index in [2.05, 4.69) is 27.0 Å². The molecule has 1 aliphatic heterocycles. The van der Waals surface area contributed by atoms with Gasteiger partial charge in [0.15, 0.2) is 0 Å². The molecule has 1 unspecified atom stereocenters. The summed E-state index contributed by atoms with van der Waals surface area (Å²) in [4.78, 5) is 20.3. The second kappa shape index (κ2) is 7.48. The Morgan fingerprint density at radius 2 is 2.09 bits per heavy atom. The van der Waals surface area contributed by atoms with Gasteiger partial charge in [0.1, 0.15) is 12.1 Å². The predicted molar refractivity (Wildman–Crippen MR) is 122 cm³/mol. The quantitative estimate of drug-likeness (QED) is 0.476. The van der Waals surface area contributed by atoms with Gasteiger partial charge in [-0.25, -0.2) is 0 Å². The monoisotopic (exact) mass is 446 g/mol. The third-order valence-electron chi connectivity index (χ3n) is 5.67. The molecule has 3 heterocycles. The van der Waals surface area contributed by atoms with E-state index < -0.39 is 5.60 Å². The average Bonchev–Trinajstić information content (AvgIpc) is 3.38. The lowest BCUT2D eigenvalue weighted by Crippen LogP contribution is -2.37. The molecule has 0 spiro atoms. The van der Waals surface area contributed by atoms with Crippen molar-refractivity contribution in [2.45, 2.75) is 12.0 Å². The number of aromatic nitrogens is 4. The van der Waals surface area contributed by atoms with Crippen molar-refractivity contribution >= 4 is 45.7 Å². The summed E-state index contributed by atoms with van der Waals surface area (Å²) in [5, 5.41) is 20.1. The lowest BCUT2D eigenvalue weighted by atomic mass is 10.0. The normalized spacial score (nSPS) is 18.2. The molecule has 0 aliphatic carbocycles. The molecule has 32 heavy (non-hydrogen) atoms. The summed E-state index contributed by atoms with van der Waals surface area (Å²) in [7, 11) is 3.56. The van der Waals surface area contributed by atoms with Crippen LogP contribution in [0.4, 0.5) is 11.5 Å². The highest BCUT2D eigenvalue weighted by atomic mass is 35.5. The maximum Gasteiger partial charge on any atom is 0.267 e. The third-order valence-corrected chi connectivity index (χ3v) is 5.91. The van der Waals surface area contributed by atoms with Gasteiger partial charge in [0.05, 0.1) is 5.52 Å². The van der Waals surface area contributed by atoms with E-state index in [1.165, 1.54) is 4.90 Å². The van der Waals surface area contributed by atoms with Crippen LogP contribution in [0.15, 0.2) is 48.8 Å². The fourth-order valence-electron chi connectivity index (χ4n) is 3.84. The first-order valence-corrected chi connectivity index (χ1v) is 10.4. The molecule has 0 saturated carbocycles. The van der Waals surface area contributed by atoms with Gasteiger partial charge in [-0.3, -0.25) is 9.20 Å². The molecular weight excluding hydrogens is 428 g/mol. The number of likely N-dealkylation sites (N-methyl/N-ethyl adjacent to an activating group) is 1. The first-order chi connectivity index (χ1) is 15.4. The zero-order valence-electron chi connectivity index (χ0n) is 17.4. The summed E-state index contributed by atoms with van der Waals surface area (Å²) in [5.41, 5.74) is 0.732. The Morgan fingerprint density at radius 1 is 1.25 bits per heavy atom. The number of fused-ring (bicyclic) bond motifs is 3. The molecule has 2 aromatic heterocycles. The van der Waals surface area contributed by atoms with E-state index in [1.807, 2.05) is 54.4 Å². The molecule has 1 N–H and O–H groups in total. The van der Waals surface area contributed by atoms with Crippen LogP contribution in [-0.4, -0.2) is 61.7 Å². The van der Waals surface area contributed by atoms with Crippen molar-refractivity contribution in [3.63, 3.8) is 0 Å². The molecule has 1 fully saturated rings. The van der Waals surface area contributed by atoms with Crippen LogP contribution in [0, 0.1) is 11.8 Å². The SMILES string of the molecule is CN1CCC(O)(C#Cc2cccc(N(C)c3nc4nncn4c4cc(Cl)ccc34)c2)C1=O. The number of amides is 1. The van der Waals surface area contributed by atoms with Crippen LogP contribution >= 0.6 is 11.6 Å². The summed E-state index contributed by atoms with van der Waals surface area (Å²) in [6.45, 7) is 0.487. The molecule has 4 aromatic rings. The molecule has 2 aromatic carbocycles. The Morgan fingerprint density at radius 3 is 2.88 bits per heavy atom. The number of anilines is 2. The van der Waals surface area contributed by atoms with Crippen LogP contribution in [0.3, 0.4) is 0 Å². The molecule has 1 aliphatic rings. The Kier molecular flexibility index (Phi) is 4.73. The highest BCUT2D eigenvalue weighted by molar-refractivity contribution is 6.31. The fraction of sp³-hybridized carbons (Fsp3) is 0.217. The van der Waals surface area contributed by atoms with Crippen LogP contribution < -0.4 is 4.90 Å². The van der Waals surface area contributed by atoms with Gasteiger partial charge in [0.25, 0.3) is 11.7 Å². The number of halogens is 1. The Bertz CT molecular complexity index is 1440. The Hall–Kier alpha value is -3.67. The molecule has 160 valence electrons. The number of hydrogen-bond acceptors (Lipinski definition) is 6. The average molecular weight is 447 g/mol. The molecule has 8 nitrogen and oxygen atoms in total. The Balaban J connectivity index is 1.55. The lowest BCUT2D eigenvalue weighted by Gasteiger charge is -2.21. The molecule has 1 amide bonds. The van der Waals surface area contributed by atoms with E-state index in [1.54, 1.807) is 17.8 Å². The van der Waals surface area contributed by atoms with E-state index in [-0.39, 0.29) is 5.91 Å². The van der Waals surface area contributed by atoms with Gasteiger partial charge in [0, 0.05) is 48.7 Å². The van der Waals surface area contributed by atoms with Gasteiger partial charge in [-0.05, 0) is 36.4 Å². The lowest BCUT2D eigenvalue weighted by molar-refractivity contribution is -0.137. The van der Waals surface area contributed by atoms with Gasteiger partial charge >= 0.3 is 0 Å². The van der Waals surface area contributed by atoms with Crippen LogP contribution in [0.2, 0.25) is 5.02 Å². The molecular formula is C23H19ClN6O2. The number of rotatable bonds is 2. The summed E-state index contributed by atoms with van der Waals surface area (Å²) in [6, 6.07) is 13.1. The summed E-state index contributed by atoms with van der Waals surface area (Å²) in [6.07, 6.45) is 1.90. The number of nitrogens with zero attached hydrogens (tertiary/aromatic N) is 6. The molecule has 9 heteroatoms. The fourth-order valence-corrected chi connectivity index (χ4v) is 4.01. The minimum absolute atomic E-state index is 0.297. The molecule has 1 saturated heterocycles. The van der Waals surface area contributed by atoms with Crippen molar-refractivity contribution in [1.29, 1.82) is 0 Å². The first kappa shape index (κ1) is 20.2. The molecule has 1 atom stereocenters. The zero-order chi connectivity index (χ0) is 22.5. The topological polar surface area (TPSA) is 86.9 Å². The standard InChI is InChI=1S/C23H19ClN6O2/c1-28-11-10-23(32,21(28)31)9-8-15-4-3-5-17(12-15)29(2)20-18-7-6-16(24)13-19(18)30-14-25-27-22(30)26-20/h3-7,12-14,32H,10-11H2,1-2H3. The first-order valence-electron chi connectivity index (χ1n) is 10.00. The second-order valence-electron chi connectivity index (χ2n) is 7.79. The van der Waals surface area contributed by atoms with Gasteiger partial charge in [-0.15, -0.1) is 10.2 Å². The molecule has 5 rings (SSSR count). The van der Waals surface area contributed by atoms with E-state index in [0.29, 0.717) is 35.1 Å². The number of carbonyl (C=O) groups is 1. The third kappa shape index (κ3) is 3.32. The summed E-state index contributed by atoms with van der Waals surface area (Å²) >= 11 is 6.22. The van der Waals surface area contributed by atoms with Crippen LogP contribution in [0.25, 0.3) is 16.7 Å². The van der Waals surface area contributed by atoms with E-state index >= 15 is 0 Å². The minimum atomic E-state index is -1.63. The summed E-state index contributed by atoms with van der Waals surface area (Å²) < 4.78 is 1.79. The van der Waals surface area contributed by atoms with Crippen molar-refractivity contribution in [3.8, 4) is 11.8 Å². The maximum absolute atomic E-state index is 12.2. The summed E-state index contributed by atoms with van der Waals surface area (Å²) in [5.74, 6) is 6.50. The zero-order valence-corrected chi connectivity index (χ0v) is 18.2. The van der Waals surface area contributed by atoms with Gasteiger partial charge < -0.3 is 14.9 Å². The highest BCUT2D eigenvalue weighted by Gasteiger charge is 2.42. The second-order valence-corrected chi connectivity index (χ2v) is 8.23. The van der Waals surface area contributed by atoms with Crippen LogP contribution in [-0.2, 0) is 4.79 Å². The predicted octanol–water partition coefficient (Wildman–Crippen LogP) is 2.64. The largest absolute Gasteiger partial charge is 0.369 e. The Labute approximate surface area is 189 Å². The van der Waals surface area contributed by atoms with E-state index in [9.17, 15) is 9.90 Å². The number of benzene rings is 2. The van der Waals surface area contributed by atoms with Crippen LogP contribution in [0.1, 0.15) is 12.0 Å². The highest BCUT2D eigenvalue weighted by Crippen LogP contribution is 2.31. The van der Waals surface area contributed by atoms with Crippen molar-refractivity contribution in [2.75, 3.05) is 25.5 Å². The van der Waals surface area contributed by atoms with Crippen molar-refractivity contribution in [2.24, 2.45) is 0 Å². The van der Waals surface area contributed by atoms with Crippen molar-refractivity contribution in [1.82, 2.24) is 24.5 Å². The smallest absolute Gasteiger partial charge is 0.267 e. The number of hydrogen-bond donors (Lipinski definition) is 1. The van der Waals surface area contributed by atoms with E-state index in [4.69, 9.17) is 11.6 Å². The molecule has 0 bridgehead atoms. The van der Waals surface area contributed by atoms with Gasteiger partial charge in [-0.1, -0.05) is 29.5 Å². The van der Waals surface area contributed by atoms with Crippen LogP contribution in [0.5, 0.6) is 0 Å². The maximum atomic E-state index is 12.2. The minimum Gasteiger partial charge on any atom is -0.369 e. The molecule has 0 radical (unpaired) electrons. The van der Waals surface area contributed by atoms with Gasteiger partial charge in [-0.2, -0.15) is 4.98 Å². The van der Waals surface area contributed by atoms with Gasteiger partial charge in [0.2, 0.25) is 5.60 Å². The number of carbonyl (C=O) groups excluding carboxylic acids is 1. The number of aliphatic hydroxyl groups is 1. The van der Waals surface area contributed by atoms with Crippen molar-refractivity contribution < 1.29 is 9.90 Å². The number of likely N-dealkylation sites (tertiary alicyclic amines) is 1. The van der Waals surface area contributed by atoms with Crippen molar-refractivity contribution in [3.05, 3.63) is 59.4 Å².